The van der Waals surface area contributed by atoms with E-state index in [-0.39, 0.29) is 5.92 Å². The number of imidazole rings is 1. The van der Waals surface area contributed by atoms with E-state index >= 15 is 0 Å². The third-order valence-electron chi connectivity index (χ3n) is 4.79. The van der Waals surface area contributed by atoms with Crippen LogP contribution in [0.25, 0.3) is 33.9 Å². The molecule has 0 radical (unpaired) electrons. The lowest BCUT2D eigenvalue weighted by Gasteiger charge is -2.06. The maximum atomic E-state index is 10.9. The molecule has 29 heavy (non-hydrogen) atoms. The molecule has 5 heteroatoms. The van der Waals surface area contributed by atoms with Crippen LogP contribution in [0.4, 0.5) is 0 Å². The summed E-state index contributed by atoms with van der Waals surface area (Å²) in [6, 6.07) is 17.4. The fourth-order valence-electron chi connectivity index (χ4n) is 3.21. The van der Waals surface area contributed by atoms with E-state index in [0.717, 1.165) is 51.7 Å². The van der Waals surface area contributed by atoms with Crippen molar-refractivity contribution in [3.8, 4) is 33.9 Å². The SMILES string of the molecule is Cc1cccc(-c2[nH]c(C(C)C)nc2-c2ccnc(-c3ccc(C=O)cc3)c2)n1. The van der Waals surface area contributed by atoms with Gasteiger partial charge in [0.2, 0.25) is 0 Å². The molecule has 3 heterocycles. The van der Waals surface area contributed by atoms with E-state index in [0.29, 0.717) is 5.56 Å². The summed E-state index contributed by atoms with van der Waals surface area (Å²) in [5, 5.41) is 0. The zero-order chi connectivity index (χ0) is 20.4. The van der Waals surface area contributed by atoms with E-state index in [2.05, 4.69) is 28.8 Å². The standard InChI is InChI=1S/C24H22N4O/c1-15(2)24-27-22(23(28-24)20-6-4-5-16(3)26-20)19-11-12-25-21(13-19)18-9-7-17(14-29)8-10-18/h4-15H,1-3H3,(H,27,28). The molecule has 4 rings (SSSR count). The Morgan fingerprint density at radius 3 is 2.41 bits per heavy atom. The summed E-state index contributed by atoms with van der Waals surface area (Å²) < 4.78 is 0. The molecule has 0 fully saturated rings. The van der Waals surface area contributed by atoms with Gasteiger partial charge in [-0.25, -0.2) is 4.98 Å². The minimum Gasteiger partial charge on any atom is -0.340 e. The van der Waals surface area contributed by atoms with Gasteiger partial charge in [-0.15, -0.1) is 0 Å². The highest BCUT2D eigenvalue weighted by Gasteiger charge is 2.17. The Hall–Kier alpha value is -3.60. The lowest BCUT2D eigenvalue weighted by Crippen LogP contribution is -1.91. The van der Waals surface area contributed by atoms with Crippen LogP contribution in [-0.4, -0.2) is 26.2 Å². The number of rotatable bonds is 5. The van der Waals surface area contributed by atoms with Gasteiger partial charge in [0.25, 0.3) is 0 Å². The van der Waals surface area contributed by atoms with Crippen molar-refractivity contribution < 1.29 is 4.79 Å². The molecule has 5 nitrogen and oxygen atoms in total. The predicted molar refractivity (Wildman–Crippen MR) is 115 cm³/mol. The van der Waals surface area contributed by atoms with E-state index in [1.807, 2.05) is 49.4 Å². The third-order valence-corrected chi connectivity index (χ3v) is 4.79. The number of hydrogen-bond donors (Lipinski definition) is 1. The van der Waals surface area contributed by atoms with Gasteiger partial charge in [0.05, 0.1) is 22.8 Å². The van der Waals surface area contributed by atoms with Crippen LogP contribution in [0, 0.1) is 6.92 Å². The van der Waals surface area contributed by atoms with Gasteiger partial charge >= 0.3 is 0 Å². The van der Waals surface area contributed by atoms with Crippen molar-refractivity contribution >= 4 is 6.29 Å². The predicted octanol–water partition coefficient (Wildman–Crippen LogP) is 5.45. The van der Waals surface area contributed by atoms with Crippen molar-refractivity contribution in [2.45, 2.75) is 26.7 Å². The number of nitrogens with one attached hydrogen (secondary N) is 1. The molecule has 0 bridgehead atoms. The molecule has 1 aromatic carbocycles. The number of H-pyrrole nitrogens is 1. The van der Waals surface area contributed by atoms with Crippen LogP contribution >= 0.6 is 0 Å². The topological polar surface area (TPSA) is 71.5 Å². The molecular formula is C24H22N4O. The number of aromatic amines is 1. The van der Waals surface area contributed by atoms with Crippen LogP contribution in [0.1, 0.15) is 41.6 Å². The molecule has 3 aromatic heterocycles. The summed E-state index contributed by atoms with van der Waals surface area (Å²) in [7, 11) is 0. The summed E-state index contributed by atoms with van der Waals surface area (Å²) in [6.07, 6.45) is 2.63. The molecule has 144 valence electrons. The average molecular weight is 382 g/mol. The Morgan fingerprint density at radius 2 is 1.72 bits per heavy atom. The van der Waals surface area contributed by atoms with Crippen LogP contribution in [0.5, 0.6) is 0 Å². The van der Waals surface area contributed by atoms with E-state index in [4.69, 9.17) is 4.98 Å². The van der Waals surface area contributed by atoms with Gasteiger partial charge in [-0.3, -0.25) is 14.8 Å². The monoisotopic (exact) mass is 382 g/mol. The molecule has 0 aliphatic carbocycles. The molecule has 0 saturated heterocycles. The molecular weight excluding hydrogens is 360 g/mol. The van der Waals surface area contributed by atoms with E-state index in [1.165, 1.54) is 0 Å². The zero-order valence-corrected chi connectivity index (χ0v) is 16.7. The number of aldehydes is 1. The van der Waals surface area contributed by atoms with Gasteiger partial charge in [0, 0.05) is 34.5 Å². The van der Waals surface area contributed by atoms with E-state index < -0.39 is 0 Å². The molecule has 0 spiro atoms. The number of aryl methyl sites for hydroxylation is 1. The van der Waals surface area contributed by atoms with Crippen LogP contribution in [0.15, 0.2) is 60.8 Å². The first-order chi connectivity index (χ1) is 14.0. The van der Waals surface area contributed by atoms with Crippen LogP contribution in [0.3, 0.4) is 0 Å². The van der Waals surface area contributed by atoms with Crippen molar-refractivity contribution in [3.63, 3.8) is 0 Å². The lowest BCUT2D eigenvalue weighted by molar-refractivity contribution is 0.112. The number of carbonyl (C=O) groups excluding carboxylic acids is 1. The summed E-state index contributed by atoms with van der Waals surface area (Å²) in [5.41, 5.74) is 6.99. The highest BCUT2D eigenvalue weighted by Crippen LogP contribution is 2.32. The maximum absolute atomic E-state index is 10.9. The minimum atomic E-state index is 0.268. The number of carbonyl (C=O) groups is 1. The third kappa shape index (κ3) is 3.85. The Bertz CT molecular complexity index is 1160. The lowest BCUT2D eigenvalue weighted by atomic mass is 10.0. The van der Waals surface area contributed by atoms with Crippen LogP contribution < -0.4 is 0 Å². The van der Waals surface area contributed by atoms with Crippen LogP contribution in [-0.2, 0) is 0 Å². The number of benzene rings is 1. The summed E-state index contributed by atoms with van der Waals surface area (Å²) in [4.78, 5) is 28.4. The fraction of sp³-hybridized carbons (Fsp3) is 0.167. The first-order valence-corrected chi connectivity index (χ1v) is 9.61. The molecule has 0 atom stereocenters. The number of pyridine rings is 2. The fourth-order valence-corrected chi connectivity index (χ4v) is 3.21. The number of hydrogen-bond acceptors (Lipinski definition) is 4. The van der Waals surface area contributed by atoms with Crippen molar-refractivity contribution in [3.05, 3.63) is 77.9 Å². The van der Waals surface area contributed by atoms with E-state index in [9.17, 15) is 4.79 Å². The van der Waals surface area contributed by atoms with Gasteiger partial charge in [-0.1, -0.05) is 44.2 Å². The molecule has 0 aliphatic heterocycles. The van der Waals surface area contributed by atoms with Crippen LogP contribution in [0.2, 0.25) is 0 Å². The number of nitrogens with zero attached hydrogens (tertiary/aromatic N) is 3. The molecule has 0 unspecified atom stereocenters. The van der Waals surface area contributed by atoms with Crippen molar-refractivity contribution in [1.29, 1.82) is 0 Å². The Balaban J connectivity index is 1.83. The molecule has 1 N–H and O–H groups in total. The molecule has 0 saturated carbocycles. The maximum Gasteiger partial charge on any atom is 0.150 e. The van der Waals surface area contributed by atoms with E-state index in [1.54, 1.807) is 18.3 Å². The number of aromatic nitrogens is 4. The first-order valence-electron chi connectivity index (χ1n) is 9.61. The minimum absolute atomic E-state index is 0.268. The molecule has 4 aromatic rings. The second kappa shape index (κ2) is 7.80. The molecule has 0 amide bonds. The second-order valence-electron chi connectivity index (χ2n) is 7.33. The highest BCUT2D eigenvalue weighted by molar-refractivity contribution is 5.80. The largest absolute Gasteiger partial charge is 0.340 e. The smallest absolute Gasteiger partial charge is 0.150 e. The quantitative estimate of drug-likeness (QED) is 0.466. The summed E-state index contributed by atoms with van der Waals surface area (Å²) >= 11 is 0. The van der Waals surface area contributed by atoms with Gasteiger partial charge in [0.15, 0.2) is 0 Å². The first kappa shape index (κ1) is 18.7. The molecule has 0 aliphatic rings. The van der Waals surface area contributed by atoms with Crippen molar-refractivity contribution in [1.82, 2.24) is 19.9 Å². The summed E-state index contributed by atoms with van der Waals surface area (Å²) in [5.74, 6) is 1.19. The Labute approximate surface area is 169 Å². The van der Waals surface area contributed by atoms with Gasteiger partial charge < -0.3 is 4.98 Å². The van der Waals surface area contributed by atoms with Gasteiger partial charge in [-0.05, 0) is 31.2 Å². The second-order valence-corrected chi connectivity index (χ2v) is 7.33. The van der Waals surface area contributed by atoms with Gasteiger partial charge in [-0.2, -0.15) is 0 Å². The average Bonchev–Trinajstić information content (AvgIpc) is 3.20. The highest BCUT2D eigenvalue weighted by atomic mass is 16.1. The Morgan fingerprint density at radius 1 is 0.931 bits per heavy atom. The Kier molecular flexibility index (Phi) is 5.04. The van der Waals surface area contributed by atoms with Gasteiger partial charge in [0.1, 0.15) is 12.1 Å². The van der Waals surface area contributed by atoms with Crippen molar-refractivity contribution in [2.24, 2.45) is 0 Å². The zero-order valence-electron chi connectivity index (χ0n) is 16.7. The van der Waals surface area contributed by atoms with Crippen molar-refractivity contribution in [2.75, 3.05) is 0 Å². The summed E-state index contributed by atoms with van der Waals surface area (Å²) in [6.45, 7) is 6.21. The normalized spacial score (nSPS) is 11.0.